The van der Waals surface area contributed by atoms with E-state index in [-0.39, 0.29) is 16.7 Å². The van der Waals surface area contributed by atoms with E-state index in [0.717, 1.165) is 44.6 Å². The second kappa shape index (κ2) is 12.9. The lowest BCUT2D eigenvalue weighted by molar-refractivity contribution is 0.104. The van der Waals surface area contributed by atoms with Crippen LogP contribution in [0.1, 0.15) is 35.4 Å². The third-order valence-corrected chi connectivity index (χ3v) is 8.70. The van der Waals surface area contributed by atoms with E-state index in [9.17, 15) is 13.2 Å². The molecule has 1 fully saturated rings. The molecule has 2 aromatic carbocycles. The van der Waals surface area contributed by atoms with Crippen molar-refractivity contribution in [1.82, 2.24) is 9.21 Å². The van der Waals surface area contributed by atoms with Crippen LogP contribution in [-0.2, 0) is 10.0 Å². The van der Waals surface area contributed by atoms with E-state index in [0.29, 0.717) is 23.7 Å². The monoisotopic (exact) mass is 538 g/mol. The lowest BCUT2D eigenvalue weighted by Crippen LogP contribution is -2.45. The molecule has 0 N–H and O–H groups in total. The summed E-state index contributed by atoms with van der Waals surface area (Å²) in [7, 11) is -0.320. The molecule has 0 bridgehead atoms. The number of hydrogen-bond donors (Lipinski definition) is 0. The fourth-order valence-electron chi connectivity index (χ4n) is 4.45. The normalized spacial score (nSPS) is 15.2. The zero-order valence-electron chi connectivity index (χ0n) is 21.8. The number of nitrogens with zero attached hydrogens (tertiary/aromatic N) is 2. The van der Waals surface area contributed by atoms with Crippen molar-refractivity contribution in [2.75, 3.05) is 40.4 Å². The molecule has 0 radical (unpaired) electrons. The van der Waals surface area contributed by atoms with E-state index in [1.54, 1.807) is 87.2 Å². The Morgan fingerprint density at radius 1 is 1.05 bits per heavy atom. The maximum atomic E-state index is 13.0. The van der Waals surface area contributed by atoms with Crippen molar-refractivity contribution in [2.24, 2.45) is 0 Å². The Bertz CT molecular complexity index is 1290. The topological polar surface area (TPSA) is 89.3 Å². The van der Waals surface area contributed by atoms with Gasteiger partial charge in [0.1, 0.15) is 17.3 Å². The first-order chi connectivity index (χ1) is 18.4. The van der Waals surface area contributed by atoms with Crippen molar-refractivity contribution in [3.8, 4) is 11.5 Å². The minimum atomic E-state index is -3.54. The predicted molar refractivity (Wildman–Crippen MR) is 146 cm³/mol. The second-order valence-electron chi connectivity index (χ2n) is 9.21. The third-order valence-electron chi connectivity index (χ3n) is 6.78. The van der Waals surface area contributed by atoms with Crippen LogP contribution in [0, 0.1) is 0 Å². The molecule has 0 unspecified atom stereocenters. The van der Waals surface area contributed by atoms with Crippen LogP contribution in [0.15, 0.2) is 82.3 Å². The fraction of sp³-hybridized carbons (Fsp3) is 0.345. The molecule has 0 saturated carbocycles. The highest BCUT2D eigenvalue weighted by Gasteiger charge is 2.30. The van der Waals surface area contributed by atoms with Gasteiger partial charge in [-0.3, -0.25) is 4.79 Å². The summed E-state index contributed by atoms with van der Waals surface area (Å²) in [5.41, 5.74) is 0.585. The zero-order valence-corrected chi connectivity index (χ0v) is 22.6. The molecule has 1 aliphatic heterocycles. The molecule has 38 heavy (non-hydrogen) atoms. The number of carbonyl (C=O) groups is 1. The summed E-state index contributed by atoms with van der Waals surface area (Å²) in [5, 5.41) is 0. The van der Waals surface area contributed by atoms with Crippen molar-refractivity contribution in [1.29, 1.82) is 0 Å². The molecule has 3 aromatic rings. The first kappa shape index (κ1) is 27.6. The van der Waals surface area contributed by atoms with Crippen LogP contribution >= 0.6 is 0 Å². The Balaban J connectivity index is 1.16. The molecule has 0 atom stereocenters. The van der Waals surface area contributed by atoms with Crippen LogP contribution in [0.25, 0.3) is 6.08 Å². The van der Waals surface area contributed by atoms with Gasteiger partial charge in [-0.1, -0.05) is 0 Å². The molecule has 2 heterocycles. The number of methoxy groups -OCH3 is 1. The van der Waals surface area contributed by atoms with Crippen LogP contribution in [-0.4, -0.2) is 69.8 Å². The number of ether oxygens (including phenoxy) is 2. The number of ketones is 1. The van der Waals surface area contributed by atoms with Gasteiger partial charge in [0.25, 0.3) is 0 Å². The van der Waals surface area contributed by atoms with Gasteiger partial charge in [-0.05, 0) is 105 Å². The summed E-state index contributed by atoms with van der Waals surface area (Å²) in [6, 6.07) is 17.2. The highest BCUT2D eigenvalue weighted by Crippen LogP contribution is 2.24. The maximum Gasteiger partial charge on any atom is 0.243 e. The van der Waals surface area contributed by atoms with Crippen molar-refractivity contribution >= 4 is 21.9 Å². The van der Waals surface area contributed by atoms with Gasteiger partial charge in [-0.2, -0.15) is 4.31 Å². The molecular weight excluding hydrogens is 504 g/mol. The van der Waals surface area contributed by atoms with Crippen molar-refractivity contribution in [3.05, 3.63) is 84.3 Å². The van der Waals surface area contributed by atoms with Crippen molar-refractivity contribution in [3.63, 3.8) is 0 Å². The Morgan fingerprint density at radius 2 is 1.74 bits per heavy atom. The Morgan fingerprint density at radius 3 is 2.37 bits per heavy atom. The number of piperidine rings is 1. The average Bonchev–Trinajstić information content (AvgIpc) is 3.48. The summed E-state index contributed by atoms with van der Waals surface area (Å²) in [6.07, 6.45) is 7.14. The minimum absolute atomic E-state index is 0.0234. The highest BCUT2D eigenvalue weighted by molar-refractivity contribution is 7.89. The first-order valence-electron chi connectivity index (χ1n) is 12.7. The summed E-state index contributed by atoms with van der Waals surface area (Å²) < 4.78 is 43.7. The second-order valence-corrected chi connectivity index (χ2v) is 11.2. The van der Waals surface area contributed by atoms with Crippen LogP contribution in [0.5, 0.6) is 11.5 Å². The molecule has 202 valence electrons. The van der Waals surface area contributed by atoms with Gasteiger partial charge in [0, 0.05) is 25.2 Å². The quantitative estimate of drug-likeness (QED) is 0.187. The van der Waals surface area contributed by atoms with E-state index < -0.39 is 10.0 Å². The Hall–Kier alpha value is -3.40. The predicted octanol–water partition coefficient (Wildman–Crippen LogP) is 4.74. The molecule has 1 aliphatic rings. The van der Waals surface area contributed by atoms with E-state index in [1.807, 2.05) is 0 Å². The lowest BCUT2D eigenvalue weighted by Gasteiger charge is -2.36. The number of furan rings is 1. The number of rotatable bonds is 12. The van der Waals surface area contributed by atoms with Gasteiger partial charge in [-0.25, -0.2) is 8.42 Å². The van der Waals surface area contributed by atoms with Crippen molar-refractivity contribution in [2.45, 2.75) is 30.2 Å². The van der Waals surface area contributed by atoms with Crippen LogP contribution in [0.4, 0.5) is 0 Å². The molecule has 4 rings (SSSR count). The van der Waals surface area contributed by atoms with Crippen molar-refractivity contribution < 1.29 is 27.1 Å². The number of benzene rings is 2. The number of likely N-dealkylation sites (tertiary alicyclic amines) is 1. The lowest BCUT2D eigenvalue weighted by atomic mass is 10.1. The molecule has 0 aliphatic carbocycles. The largest absolute Gasteiger partial charge is 0.497 e. The van der Waals surface area contributed by atoms with Gasteiger partial charge in [-0.15, -0.1) is 0 Å². The zero-order chi connectivity index (χ0) is 27.0. The Labute approximate surface area is 224 Å². The van der Waals surface area contributed by atoms with Gasteiger partial charge < -0.3 is 18.8 Å². The maximum absolute atomic E-state index is 13.0. The summed E-state index contributed by atoms with van der Waals surface area (Å²) in [4.78, 5) is 14.9. The molecule has 1 aromatic heterocycles. The number of allylic oxidation sites excluding steroid dienone is 1. The average molecular weight is 539 g/mol. The fourth-order valence-corrected chi connectivity index (χ4v) is 5.87. The molecular formula is C29H34N2O6S. The third kappa shape index (κ3) is 7.12. The van der Waals surface area contributed by atoms with Crippen LogP contribution < -0.4 is 9.47 Å². The highest BCUT2D eigenvalue weighted by atomic mass is 32.2. The van der Waals surface area contributed by atoms with E-state index in [2.05, 4.69) is 4.90 Å². The molecule has 1 saturated heterocycles. The summed E-state index contributed by atoms with van der Waals surface area (Å²) in [6.45, 7) is 3.14. The standard InChI is InChI=1S/C29H34N2O6S/c1-30(38(33,34)28-13-10-25(35-2)11-14-28)24-16-19-31(20-17-24)18-4-22-37-27-8-6-23(7-9-27)29(32)15-12-26-5-3-21-36-26/h3,5-15,21,24H,4,16-20,22H2,1-2H3/b15-12+. The number of sulfonamides is 1. The number of hydrogen-bond acceptors (Lipinski definition) is 7. The van der Waals surface area contributed by atoms with Crippen LogP contribution in [0.3, 0.4) is 0 Å². The van der Waals surface area contributed by atoms with Gasteiger partial charge in [0.15, 0.2) is 5.78 Å². The summed E-state index contributed by atoms with van der Waals surface area (Å²) >= 11 is 0. The molecule has 8 nitrogen and oxygen atoms in total. The number of carbonyl (C=O) groups excluding carboxylic acids is 1. The molecule has 9 heteroatoms. The van der Waals surface area contributed by atoms with Crippen LogP contribution in [0.2, 0.25) is 0 Å². The SMILES string of the molecule is COc1ccc(S(=O)(=O)N(C)C2CCN(CCCOc3ccc(C(=O)/C=C/c4ccco4)cc3)CC2)cc1. The van der Waals surface area contributed by atoms with E-state index in [1.165, 1.54) is 10.4 Å². The van der Waals surface area contributed by atoms with Gasteiger partial charge >= 0.3 is 0 Å². The minimum Gasteiger partial charge on any atom is -0.497 e. The summed E-state index contributed by atoms with van der Waals surface area (Å²) in [5.74, 6) is 1.89. The van der Waals surface area contributed by atoms with Gasteiger partial charge in [0.05, 0.1) is 24.9 Å². The smallest absolute Gasteiger partial charge is 0.243 e. The Kier molecular flexibility index (Phi) is 9.38. The van der Waals surface area contributed by atoms with E-state index >= 15 is 0 Å². The molecule has 0 amide bonds. The first-order valence-corrected chi connectivity index (χ1v) is 14.1. The van der Waals surface area contributed by atoms with E-state index in [4.69, 9.17) is 13.9 Å². The molecule has 0 spiro atoms. The van der Waals surface area contributed by atoms with Gasteiger partial charge in [0.2, 0.25) is 10.0 Å².